The zero-order chi connectivity index (χ0) is 30.9. The van der Waals surface area contributed by atoms with Crippen LogP contribution in [0.15, 0.2) is 87.1 Å². The number of carbonyl (C=O) groups excluding carboxylic acids is 2. The van der Waals surface area contributed by atoms with E-state index in [1.165, 1.54) is 28.8 Å². The van der Waals surface area contributed by atoms with Crippen LogP contribution in [-0.2, 0) is 26.2 Å². The lowest BCUT2D eigenvalue weighted by molar-refractivity contribution is -0.139. The zero-order valence-electron chi connectivity index (χ0n) is 24.5. The number of anilines is 1. The van der Waals surface area contributed by atoms with Crippen LogP contribution in [-0.4, -0.2) is 56.6 Å². The Morgan fingerprint density at radius 1 is 1.00 bits per heavy atom. The second-order valence-electron chi connectivity index (χ2n) is 9.76. The van der Waals surface area contributed by atoms with Gasteiger partial charge in [0, 0.05) is 22.0 Å². The highest BCUT2D eigenvalue weighted by Crippen LogP contribution is 2.28. The van der Waals surface area contributed by atoms with Crippen molar-refractivity contribution in [3.05, 3.63) is 82.8 Å². The molecule has 8 nitrogen and oxygen atoms in total. The van der Waals surface area contributed by atoms with Crippen molar-refractivity contribution >= 4 is 55.2 Å². The molecular formula is C31H38BrN3O5S2. The molecule has 0 saturated carbocycles. The van der Waals surface area contributed by atoms with Gasteiger partial charge in [0.1, 0.15) is 18.3 Å². The van der Waals surface area contributed by atoms with E-state index in [4.69, 9.17) is 4.74 Å². The van der Waals surface area contributed by atoms with Crippen LogP contribution < -0.4 is 14.4 Å². The summed E-state index contributed by atoms with van der Waals surface area (Å²) in [5.74, 6) is -0.239. The smallest absolute Gasteiger partial charge is 0.264 e. The number of rotatable bonds is 14. The van der Waals surface area contributed by atoms with Gasteiger partial charge in [0.05, 0.1) is 17.2 Å². The Bertz CT molecular complexity index is 1450. The number of halogens is 1. The van der Waals surface area contributed by atoms with Gasteiger partial charge < -0.3 is 15.0 Å². The summed E-state index contributed by atoms with van der Waals surface area (Å²) in [7, 11) is -4.15. The molecule has 0 aliphatic heterocycles. The Kier molecular flexibility index (Phi) is 12.3. The number of thioether (sulfide) groups is 1. The lowest BCUT2D eigenvalue weighted by Crippen LogP contribution is -2.52. The van der Waals surface area contributed by atoms with Crippen molar-refractivity contribution in [2.75, 3.05) is 23.7 Å². The second-order valence-corrected chi connectivity index (χ2v) is 13.4. The third kappa shape index (κ3) is 8.75. The quantitative estimate of drug-likeness (QED) is 0.208. The number of nitrogens with zero attached hydrogens (tertiary/aromatic N) is 2. The average molecular weight is 677 g/mol. The number of hydrogen-bond acceptors (Lipinski definition) is 6. The maximum Gasteiger partial charge on any atom is 0.264 e. The number of amides is 2. The minimum absolute atomic E-state index is 0.0584. The van der Waals surface area contributed by atoms with E-state index in [-0.39, 0.29) is 23.4 Å². The summed E-state index contributed by atoms with van der Waals surface area (Å²) in [5, 5.41) is 2.94. The largest absolute Gasteiger partial charge is 0.494 e. The molecular weight excluding hydrogens is 638 g/mol. The summed E-state index contributed by atoms with van der Waals surface area (Å²) in [6.07, 6.45) is 2.64. The normalized spacial score (nSPS) is 12.7. The monoisotopic (exact) mass is 675 g/mol. The molecule has 42 heavy (non-hydrogen) atoms. The Labute approximate surface area is 262 Å². The predicted molar refractivity (Wildman–Crippen MR) is 172 cm³/mol. The van der Waals surface area contributed by atoms with Crippen LogP contribution in [0.3, 0.4) is 0 Å². The number of benzene rings is 3. The van der Waals surface area contributed by atoms with Crippen molar-refractivity contribution in [2.45, 2.75) is 62.5 Å². The summed E-state index contributed by atoms with van der Waals surface area (Å²) in [4.78, 5) is 29.7. The van der Waals surface area contributed by atoms with Crippen LogP contribution in [0.4, 0.5) is 5.69 Å². The average Bonchev–Trinajstić information content (AvgIpc) is 2.98. The van der Waals surface area contributed by atoms with Crippen LogP contribution in [0.5, 0.6) is 5.75 Å². The Morgan fingerprint density at radius 2 is 1.67 bits per heavy atom. The summed E-state index contributed by atoms with van der Waals surface area (Å²) >= 11 is 4.97. The molecule has 3 rings (SSSR count). The van der Waals surface area contributed by atoms with Crippen molar-refractivity contribution in [2.24, 2.45) is 0 Å². The highest BCUT2D eigenvalue weighted by molar-refractivity contribution is 9.10. The van der Waals surface area contributed by atoms with E-state index in [1.54, 1.807) is 43.3 Å². The Hall–Kier alpha value is -3.02. The maximum absolute atomic E-state index is 14.1. The van der Waals surface area contributed by atoms with E-state index in [1.807, 2.05) is 51.3 Å². The molecule has 226 valence electrons. The van der Waals surface area contributed by atoms with Crippen molar-refractivity contribution in [3.8, 4) is 5.75 Å². The molecule has 0 saturated heterocycles. The molecule has 2 amide bonds. The van der Waals surface area contributed by atoms with Crippen LogP contribution in [0.25, 0.3) is 0 Å². The summed E-state index contributed by atoms with van der Waals surface area (Å²) in [6, 6.07) is 19.6. The van der Waals surface area contributed by atoms with Crippen LogP contribution in [0.1, 0.15) is 39.7 Å². The first kappa shape index (κ1) is 33.5. The van der Waals surface area contributed by atoms with Crippen molar-refractivity contribution in [1.82, 2.24) is 10.2 Å². The van der Waals surface area contributed by atoms with E-state index in [0.717, 1.165) is 25.7 Å². The van der Waals surface area contributed by atoms with E-state index in [9.17, 15) is 18.0 Å². The standard InChI is InChI=1S/C31H38BrN3O5S2/c1-6-22(3)33-31(37)23(4)34(20-24-9-8-10-25(32)19-24)30(36)21-35(26-11-13-27(14-12-26)40-7-2)42(38,39)29-17-15-28(41-5)16-18-29/h8-19,22-23H,6-7,20-21H2,1-5H3,(H,33,37)/t22-,23-/m0/s1. The van der Waals surface area contributed by atoms with Crippen LogP contribution in [0, 0.1) is 0 Å². The van der Waals surface area contributed by atoms with Crippen LogP contribution in [0.2, 0.25) is 0 Å². The van der Waals surface area contributed by atoms with Gasteiger partial charge in [-0.2, -0.15) is 0 Å². The Balaban J connectivity index is 2.03. The number of hydrogen-bond donors (Lipinski definition) is 1. The molecule has 11 heteroatoms. The van der Waals surface area contributed by atoms with E-state index >= 15 is 0 Å². The van der Waals surface area contributed by atoms with E-state index in [0.29, 0.717) is 18.0 Å². The predicted octanol–water partition coefficient (Wildman–Crippen LogP) is 6.10. The minimum Gasteiger partial charge on any atom is -0.494 e. The maximum atomic E-state index is 14.1. The van der Waals surface area contributed by atoms with Gasteiger partial charge >= 0.3 is 0 Å². The van der Waals surface area contributed by atoms with Gasteiger partial charge in [-0.25, -0.2) is 8.42 Å². The number of nitrogens with one attached hydrogen (secondary N) is 1. The summed E-state index contributed by atoms with van der Waals surface area (Å²) in [5.41, 5.74) is 1.10. The third-order valence-corrected chi connectivity index (χ3v) is 9.80. The Morgan fingerprint density at radius 3 is 2.24 bits per heavy atom. The molecule has 0 aromatic heterocycles. The van der Waals surface area contributed by atoms with E-state index in [2.05, 4.69) is 21.2 Å². The first-order valence-electron chi connectivity index (χ1n) is 13.7. The fourth-order valence-electron chi connectivity index (χ4n) is 4.16. The highest BCUT2D eigenvalue weighted by atomic mass is 79.9. The molecule has 2 atom stereocenters. The van der Waals surface area contributed by atoms with Crippen LogP contribution >= 0.6 is 27.7 Å². The molecule has 0 aliphatic carbocycles. The summed E-state index contributed by atoms with van der Waals surface area (Å²) < 4.78 is 35.5. The fraction of sp³-hybridized carbons (Fsp3) is 0.355. The van der Waals surface area contributed by atoms with Gasteiger partial charge in [-0.1, -0.05) is 35.0 Å². The molecule has 0 heterocycles. The van der Waals surface area contributed by atoms with E-state index < -0.39 is 28.5 Å². The number of carbonyl (C=O) groups is 2. The van der Waals surface area contributed by atoms with Gasteiger partial charge in [-0.15, -0.1) is 11.8 Å². The van der Waals surface area contributed by atoms with Crippen molar-refractivity contribution in [3.63, 3.8) is 0 Å². The van der Waals surface area contributed by atoms with Gasteiger partial charge in [0.15, 0.2) is 0 Å². The second kappa shape index (κ2) is 15.5. The molecule has 0 bridgehead atoms. The topological polar surface area (TPSA) is 96.0 Å². The number of sulfonamides is 1. The third-order valence-electron chi connectivity index (χ3n) is 6.77. The fourth-order valence-corrected chi connectivity index (χ4v) is 6.43. The van der Waals surface area contributed by atoms with Gasteiger partial charge in [-0.05, 0) is 99.7 Å². The first-order valence-corrected chi connectivity index (χ1v) is 17.2. The van der Waals surface area contributed by atoms with Gasteiger partial charge in [0.2, 0.25) is 11.8 Å². The van der Waals surface area contributed by atoms with Gasteiger partial charge in [0.25, 0.3) is 10.0 Å². The molecule has 3 aromatic rings. The molecule has 0 fully saturated rings. The SMILES string of the molecule is CCOc1ccc(N(CC(=O)N(Cc2cccc(Br)c2)[C@@H](C)C(=O)N[C@@H](C)CC)S(=O)(=O)c2ccc(SC)cc2)cc1. The molecule has 0 unspecified atom stereocenters. The van der Waals surface area contributed by atoms with Gasteiger partial charge in [-0.3, -0.25) is 13.9 Å². The molecule has 0 aliphatic rings. The summed E-state index contributed by atoms with van der Waals surface area (Å²) in [6.45, 7) is 7.45. The molecule has 3 aromatic carbocycles. The first-order chi connectivity index (χ1) is 20.0. The lowest BCUT2D eigenvalue weighted by Gasteiger charge is -2.32. The molecule has 0 radical (unpaired) electrons. The highest BCUT2D eigenvalue weighted by Gasteiger charge is 2.33. The molecule has 1 N–H and O–H groups in total. The van der Waals surface area contributed by atoms with Crippen molar-refractivity contribution in [1.29, 1.82) is 0 Å². The zero-order valence-corrected chi connectivity index (χ0v) is 27.8. The lowest BCUT2D eigenvalue weighted by atomic mass is 10.1. The number of ether oxygens (including phenoxy) is 1. The minimum atomic E-state index is -4.15. The van der Waals surface area contributed by atoms with Crippen molar-refractivity contribution < 1.29 is 22.7 Å². The molecule has 0 spiro atoms.